The minimum absolute atomic E-state index is 0.215. The lowest BCUT2D eigenvalue weighted by atomic mass is 10.1. The van der Waals surface area contributed by atoms with Gasteiger partial charge in [0.15, 0.2) is 5.82 Å². The van der Waals surface area contributed by atoms with Crippen LogP contribution < -0.4 is 9.80 Å². The monoisotopic (exact) mass is 375 g/mol. The van der Waals surface area contributed by atoms with E-state index in [4.69, 9.17) is 0 Å². The summed E-state index contributed by atoms with van der Waals surface area (Å²) in [5.41, 5.74) is 2.77. The molecule has 4 heterocycles. The Morgan fingerprint density at radius 3 is 2.57 bits per heavy atom. The van der Waals surface area contributed by atoms with Crippen molar-refractivity contribution in [2.24, 2.45) is 0 Å². The fourth-order valence-corrected chi connectivity index (χ4v) is 3.17. The minimum Gasteiger partial charge on any atom is -0.309 e. The second-order valence-electron chi connectivity index (χ2n) is 6.34. The predicted octanol–water partition coefficient (Wildman–Crippen LogP) is 3.93. The first-order valence-electron chi connectivity index (χ1n) is 8.88. The van der Waals surface area contributed by atoms with Crippen molar-refractivity contribution in [3.63, 3.8) is 0 Å². The van der Waals surface area contributed by atoms with Crippen molar-refractivity contribution in [2.75, 3.05) is 23.4 Å². The van der Waals surface area contributed by atoms with Crippen LogP contribution in [0, 0.1) is 5.95 Å². The number of fused-ring (bicyclic) bond motifs is 2. The quantitative estimate of drug-likeness (QED) is 0.649. The third-order valence-corrected chi connectivity index (χ3v) is 4.61. The molecule has 7 heteroatoms. The highest BCUT2D eigenvalue weighted by Crippen LogP contribution is 2.37. The van der Waals surface area contributed by atoms with Crippen LogP contribution in [-0.2, 0) is 0 Å². The Kier molecular flexibility index (Phi) is 4.57. The molecule has 0 N–H and O–H groups in total. The fourth-order valence-electron chi connectivity index (χ4n) is 3.17. The van der Waals surface area contributed by atoms with Gasteiger partial charge in [0.25, 0.3) is 5.91 Å². The Morgan fingerprint density at radius 2 is 1.82 bits per heavy atom. The molecular formula is C21H18FN5O. The van der Waals surface area contributed by atoms with Gasteiger partial charge in [0.05, 0.1) is 11.3 Å². The van der Waals surface area contributed by atoms with Gasteiger partial charge in [0, 0.05) is 32.2 Å². The topological polar surface area (TPSA) is 62.2 Å². The number of nitrogens with zero attached hydrogens (tertiary/aromatic N) is 5. The molecule has 0 spiro atoms. The summed E-state index contributed by atoms with van der Waals surface area (Å²) >= 11 is 0. The average Bonchev–Trinajstić information content (AvgIpc) is 2.80. The predicted molar refractivity (Wildman–Crippen MR) is 107 cm³/mol. The van der Waals surface area contributed by atoms with Crippen LogP contribution in [0.3, 0.4) is 0 Å². The van der Waals surface area contributed by atoms with Crippen LogP contribution >= 0.6 is 0 Å². The van der Waals surface area contributed by atoms with Crippen LogP contribution in [0.5, 0.6) is 0 Å². The number of amides is 1. The van der Waals surface area contributed by atoms with Crippen molar-refractivity contribution in [1.82, 2.24) is 15.0 Å². The van der Waals surface area contributed by atoms with Gasteiger partial charge in [-0.2, -0.15) is 9.37 Å². The van der Waals surface area contributed by atoms with Gasteiger partial charge >= 0.3 is 0 Å². The summed E-state index contributed by atoms with van der Waals surface area (Å²) in [6.45, 7) is 2.41. The van der Waals surface area contributed by atoms with Gasteiger partial charge in [-0.3, -0.25) is 9.78 Å². The van der Waals surface area contributed by atoms with E-state index in [0.717, 1.165) is 11.1 Å². The van der Waals surface area contributed by atoms with E-state index >= 15 is 0 Å². The number of carbonyl (C=O) groups excluding carboxylic acids is 1. The van der Waals surface area contributed by atoms with Gasteiger partial charge in [0.2, 0.25) is 5.95 Å². The van der Waals surface area contributed by atoms with E-state index in [1.165, 1.54) is 11.0 Å². The maximum atomic E-state index is 13.8. The van der Waals surface area contributed by atoms with Gasteiger partial charge in [-0.05, 0) is 48.4 Å². The van der Waals surface area contributed by atoms with Gasteiger partial charge < -0.3 is 9.80 Å². The molecule has 28 heavy (non-hydrogen) atoms. The second-order valence-corrected chi connectivity index (χ2v) is 6.34. The SMILES string of the molecule is CCN1c2ncc(/C=C/c3ccncc3)cc2C(=O)N(C)c2ccc(F)nc21. The molecule has 0 aliphatic carbocycles. The number of hydrogen-bond acceptors (Lipinski definition) is 5. The zero-order chi connectivity index (χ0) is 19.7. The molecule has 0 aromatic carbocycles. The molecular weight excluding hydrogens is 357 g/mol. The van der Waals surface area contributed by atoms with Crippen LogP contribution in [0.15, 0.2) is 48.9 Å². The van der Waals surface area contributed by atoms with E-state index in [0.29, 0.717) is 29.4 Å². The maximum Gasteiger partial charge on any atom is 0.261 e. The normalized spacial score (nSPS) is 13.5. The molecule has 1 aliphatic heterocycles. The van der Waals surface area contributed by atoms with Gasteiger partial charge in [-0.1, -0.05) is 12.2 Å². The minimum atomic E-state index is -0.599. The third kappa shape index (κ3) is 3.11. The molecule has 6 nitrogen and oxygen atoms in total. The van der Waals surface area contributed by atoms with Crippen molar-refractivity contribution in [3.05, 3.63) is 71.6 Å². The van der Waals surface area contributed by atoms with Gasteiger partial charge in [-0.25, -0.2) is 4.98 Å². The first-order valence-corrected chi connectivity index (χ1v) is 8.88. The average molecular weight is 375 g/mol. The number of aromatic nitrogens is 3. The number of hydrogen-bond donors (Lipinski definition) is 0. The second kappa shape index (κ2) is 7.19. The van der Waals surface area contributed by atoms with E-state index in [1.54, 1.807) is 42.7 Å². The molecule has 140 valence electrons. The van der Waals surface area contributed by atoms with E-state index in [2.05, 4.69) is 15.0 Å². The molecule has 0 radical (unpaired) electrons. The van der Waals surface area contributed by atoms with Gasteiger partial charge in [0.1, 0.15) is 5.82 Å². The lowest BCUT2D eigenvalue weighted by Crippen LogP contribution is -2.25. The Morgan fingerprint density at radius 1 is 1.07 bits per heavy atom. The van der Waals surface area contributed by atoms with Crippen LogP contribution in [0.2, 0.25) is 0 Å². The van der Waals surface area contributed by atoms with Gasteiger partial charge in [-0.15, -0.1) is 0 Å². The lowest BCUT2D eigenvalue weighted by molar-refractivity contribution is 0.0994. The Hall–Kier alpha value is -3.61. The Bertz CT molecular complexity index is 1070. The van der Waals surface area contributed by atoms with Crippen LogP contribution in [-0.4, -0.2) is 34.5 Å². The first kappa shape index (κ1) is 17.8. The highest BCUT2D eigenvalue weighted by atomic mass is 19.1. The summed E-state index contributed by atoms with van der Waals surface area (Å²) in [7, 11) is 1.66. The molecule has 4 rings (SSSR count). The summed E-state index contributed by atoms with van der Waals surface area (Å²) < 4.78 is 13.8. The molecule has 0 atom stereocenters. The molecule has 1 amide bonds. The van der Waals surface area contributed by atoms with Crippen LogP contribution in [0.25, 0.3) is 12.2 Å². The van der Waals surface area contributed by atoms with Crippen LogP contribution in [0.1, 0.15) is 28.4 Å². The Labute approximate surface area is 162 Å². The molecule has 3 aromatic rings. The molecule has 3 aromatic heterocycles. The smallest absolute Gasteiger partial charge is 0.261 e. The summed E-state index contributed by atoms with van der Waals surface area (Å²) in [6, 6.07) is 8.39. The first-order chi connectivity index (χ1) is 13.6. The maximum absolute atomic E-state index is 13.8. The van der Waals surface area contributed by atoms with Crippen molar-refractivity contribution < 1.29 is 9.18 Å². The number of anilines is 3. The number of halogens is 1. The number of pyridine rings is 3. The van der Waals surface area contributed by atoms with Crippen molar-refractivity contribution >= 4 is 35.4 Å². The summed E-state index contributed by atoms with van der Waals surface area (Å²) in [5, 5.41) is 0. The zero-order valence-corrected chi connectivity index (χ0v) is 15.5. The number of rotatable bonds is 3. The van der Waals surface area contributed by atoms with Crippen molar-refractivity contribution in [1.29, 1.82) is 0 Å². The molecule has 1 aliphatic rings. The fraction of sp³-hybridized carbons (Fsp3) is 0.143. The summed E-state index contributed by atoms with van der Waals surface area (Å²) in [6.07, 6.45) is 8.95. The summed E-state index contributed by atoms with van der Waals surface area (Å²) in [4.78, 5) is 28.8. The van der Waals surface area contributed by atoms with E-state index < -0.39 is 5.95 Å². The van der Waals surface area contributed by atoms with E-state index in [1.807, 2.05) is 31.2 Å². The number of carbonyl (C=O) groups is 1. The molecule has 0 fully saturated rings. The van der Waals surface area contributed by atoms with E-state index in [-0.39, 0.29) is 5.91 Å². The molecule has 0 saturated carbocycles. The third-order valence-electron chi connectivity index (χ3n) is 4.61. The molecule has 0 saturated heterocycles. The highest BCUT2D eigenvalue weighted by Gasteiger charge is 2.30. The van der Waals surface area contributed by atoms with E-state index in [9.17, 15) is 9.18 Å². The lowest BCUT2D eigenvalue weighted by Gasteiger charge is -2.22. The van der Waals surface area contributed by atoms with Crippen molar-refractivity contribution in [3.8, 4) is 0 Å². The zero-order valence-electron chi connectivity index (χ0n) is 15.5. The van der Waals surface area contributed by atoms with Crippen molar-refractivity contribution in [2.45, 2.75) is 6.92 Å². The standard InChI is InChI=1S/C21H18FN5O/c1-3-27-19-16(21(28)26(2)17-6-7-18(22)25-20(17)27)12-15(13-24-19)5-4-14-8-10-23-11-9-14/h4-13H,3H2,1-2H3/b5-4+. The van der Waals surface area contributed by atoms with Crippen LogP contribution in [0.4, 0.5) is 21.7 Å². The highest BCUT2D eigenvalue weighted by molar-refractivity contribution is 6.12. The molecule has 0 bridgehead atoms. The summed E-state index contributed by atoms with van der Waals surface area (Å²) in [5.74, 6) is 0.0348. The molecule has 0 unspecified atom stereocenters. The largest absolute Gasteiger partial charge is 0.309 e. The Balaban J connectivity index is 1.80.